The minimum atomic E-state index is -0.139. The van der Waals surface area contributed by atoms with Gasteiger partial charge in [0.15, 0.2) is 0 Å². The van der Waals surface area contributed by atoms with Gasteiger partial charge in [-0.1, -0.05) is 66.2 Å². The van der Waals surface area contributed by atoms with E-state index in [0.717, 1.165) is 28.2 Å². The lowest BCUT2D eigenvalue weighted by molar-refractivity contribution is -0.118. The van der Waals surface area contributed by atoms with E-state index in [-0.39, 0.29) is 5.91 Å². The number of carbonyl (C=O) groups is 1. The number of amides is 1. The molecule has 1 amide bonds. The molecule has 0 aliphatic rings. The van der Waals surface area contributed by atoms with Gasteiger partial charge in [-0.2, -0.15) is 5.10 Å². The van der Waals surface area contributed by atoms with Crippen LogP contribution in [0.5, 0.6) is 5.75 Å². The Kier molecular flexibility index (Phi) is 8.01. The Morgan fingerprint density at radius 1 is 0.939 bits per heavy atom. The first-order chi connectivity index (χ1) is 16.2. The summed E-state index contributed by atoms with van der Waals surface area (Å²) >= 11 is 7.41. The normalized spacial score (nSPS) is 11.1. The van der Waals surface area contributed by atoms with Crippen LogP contribution in [0.1, 0.15) is 16.7 Å². The van der Waals surface area contributed by atoms with Crippen LogP contribution in [0.4, 0.5) is 0 Å². The Balaban J connectivity index is 1.21. The first-order valence-corrected chi connectivity index (χ1v) is 12.0. The van der Waals surface area contributed by atoms with Crippen LogP contribution >= 0.6 is 23.4 Å². The molecule has 0 aromatic heterocycles. The van der Waals surface area contributed by atoms with E-state index >= 15 is 0 Å². The van der Waals surface area contributed by atoms with E-state index in [9.17, 15) is 4.79 Å². The zero-order valence-electron chi connectivity index (χ0n) is 17.9. The molecule has 0 saturated heterocycles. The molecule has 0 fully saturated rings. The molecule has 4 nitrogen and oxygen atoms in total. The maximum atomic E-state index is 12.0. The van der Waals surface area contributed by atoms with E-state index < -0.39 is 0 Å². The van der Waals surface area contributed by atoms with Gasteiger partial charge in [-0.15, -0.1) is 11.8 Å². The van der Waals surface area contributed by atoms with Crippen LogP contribution in [0.25, 0.3) is 10.8 Å². The molecule has 0 radical (unpaired) electrons. The van der Waals surface area contributed by atoms with Crippen LogP contribution in [0.3, 0.4) is 0 Å². The van der Waals surface area contributed by atoms with Crippen LogP contribution in [0.15, 0.2) is 96.1 Å². The van der Waals surface area contributed by atoms with Crippen molar-refractivity contribution in [2.24, 2.45) is 5.10 Å². The summed E-state index contributed by atoms with van der Waals surface area (Å²) in [5, 5.41) is 7.15. The van der Waals surface area contributed by atoms with Gasteiger partial charge in [0, 0.05) is 10.8 Å². The quantitative estimate of drug-likeness (QED) is 0.224. The molecule has 6 heteroatoms. The molecule has 0 aliphatic carbocycles. The highest BCUT2D eigenvalue weighted by atomic mass is 35.5. The number of rotatable bonds is 9. The lowest BCUT2D eigenvalue weighted by atomic mass is 10.1. The average Bonchev–Trinajstić information content (AvgIpc) is 2.85. The molecular weight excluding hydrogens is 452 g/mol. The van der Waals surface area contributed by atoms with Gasteiger partial charge in [0.25, 0.3) is 0 Å². The number of halogens is 1. The second-order valence-corrected chi connectivity index (χ2v) is 8.83. The number of ether oxygens (including phenoxy) is 1. The van der Waals surface area contributed by atoms with Crippen molar-refractivity contribution >= 4 is 46.3 Å². The van der Waals surface area contributed by atoms with Gasteiger partial charge < -0.3 is 4.74 Å². The summed E-state index contributed by atoms with van der Waals surface area (Å²) in [5.41, 5.74) is 5.72. The Morgan fingerprint density at radius 3 is 2.52 bits per heavy atom. The van der Waals surface area contributed by atoms with Gasteiger partial charge in [-0.25, -0.2) is 5.43 Å². The van der Waals surface area contributed by atoms with Crippen molar-refractivity contribution in [3.63, 3.8) is 0 Å². The van der Waals surface area contributed by atoms with Crippen LogP contribution in [-0.4, -0.2) is 17.9 Å². The molecule has 1 N–H and O–H groups in total. The number of hydrogen-bond donors (Lipinski definition) is 1. The first kappa shape index (κ1) is 22.9. The summed E-state index contributed by atoms with van der Waals surface area (Å²) in [4.78, 5) is 12.0. The van der Waals surface area contributed by atoms with E-state index in [2.05, 4.69) is 34.8 Å². The zero-order chi connectivity index (χ0) is 22.9. The van der Waals surface area contributed by atoms with E-state index in [1.54, 1.807) is 6.21 Å². The maximum Gasteiger partial charge on any atom is 0.250 e. The van der Waals surface area contributed by atoms with Gasteiger partial charge in [-0.3, -0.25) is 4.79 Å². The fraction of sp³-hybridized carbons (Fsp3) is 0.111. The zero-order valence-corrected chi connectivity index (χ0v) is 19.5. The molecule has 4 rings (SSSR count). The number of benzene rings is 4. The number of nitrogens with one attached hydrogen (secondary N) is 1. The number of nitrogens with zero attached hydrogens (tertiary/aromatic N) is 1. The summed E-state index contributed by atoms with van der Waals surface area (Å²) in [5.74, 6) is 1.72. The van der Waals surface area contributed by atoms with Crippen LogP contribution in [-0.2, 0) is 17.2 Å². The van der Waals surface area contributed by atoms with E-state index in [1.807, 2.05) is 66.7 Å². The molecule has 4 aromatic carbocycles. The van der Waals surface area contributed by atoms with Gasteiger partial charge in [0.05, 0.1) is 12.0 Å². The largest absolute Gasteiger partial charge is 0.489 e. The third-order valence-corrected chi connectivity index (χ3v) is 6.23. The topological polar surface area (TPSA) is 50.7 Å². The smallest absolute Gasteiger partial charge is 0.250 e. The van der Waals surface area contributed by atoms with E-state index in [1.165, 1.54) is 22.5 Å². The Labute approximate surface area is 202 Å². The monoisotopic (exact) mass is 474 g/mol. The summed E-state index contributed by atoms with van der Waals surface area (Å²) in [7, 11) is 0. The molecule has 0 bridgehead atoms. The molecular formula is C27H23ClN2O2S. The summed E-state index contributed by atoms with van der Waals surface area (Å²) in [6, 6.07) is 29.7. The molecule has 0 saturated carbocycles. The van der Waals surface area contributed by atoms with Crippen LogP contribution in [0.2, 0.25) is 5.02 Å². The molecule has 4 aromatic rings. The second-order valence-electron chi connectivity index (χ2n) is 7.41. The van der Waals surface area contributed by atoms with Gasteiger partial charge in [-0.05, 0) is 63.9 Å². The number of hydrogen-bond acceptors (Lipinski definition) is 4. The lowest BCUT2D eigenvalue weighted by Crippen LogP contribution is -2.19. The summed E-state index contributed by atoms with van der Waals surface area (Å²) in [6.07, 6.45) is 1.62. The maximum absolute atomic E-state index is 12.0. The lowest BCUT2D eigenvalue weighted by Gasteiger charge is -2.09. The number of carbonyl (C=O) groups excluding carboxylic acids is 1. The first-order valence-electron chi connectivity index (χ1n) is 10.5. The second kappa shape index (κ2) is 11.5. The Bertz CT molecular complexity index is 1240. The number of fused-ring (bicyclic) bond motifs is 1. The SMILES string of the molecule is O=C(CSCc1ccc(Cl)cc1)N/N=C\c1ccc(OCc2cccc3ccccc23)cc1. The molecule has 0 spiro atoms. The molecule has 0 aliphatic heterocycles. The van der Waals surface area contributed by atoms with Crippen LogP contribution in [0, 0.1) is 0 Å². The highest BCUT2D eigenvalue weighted by Gasteiger charge is 2.03. The van der Waals surface area contributed by atoms with Crippen molar-refractivity contribution in [2.75, 3.05) is 5.75 Å². The standard InChI is InChI=1S/C27H23ClN2O2S/c28-24-12-8-21(9-13-24)18-33-19-27(31)30-29-16-20-10-14-25(15-11-20)32-17-23-6-3-5-22-4-1-2-7-26(22)23/h1-16H,17-19H2,(H,30,31)/b29-16-. The fourth-order valence-electron chi connectivity index (χ4n) is 3.28. The Morgan fingerprint density at radius 2 is 1.70 bits per heavy atom. The summed E-state index contributed by atoms with van der Waals surface area (Å²) < 4.78 is 5.96. The van der Waals surface area contributed by atoms with Gasteiger partial charge >= 0.3 is 0 Å². The minimum absolute atomic E-state index is 0.139. The number of hydrazone groups is 1. The van der Waals surface area contributed by atoms with Gasteiger partial charge in [0.1, 0.15) is 12.4 Å². The average molecular weight is 475 g/mol. The van der Waals surface area contributed by atoms with Crippen molar-refractivity contribution in [2.45, 2.75) is 12.4 Å². The summed E-state index contributed by atoms with van der Waals surface area (Å²) in [6.45, 7) is 0.499. The molecule has 0 atom stereocenters. The minimum Gasteiger partial charge on any atom is -0.489 e. The van der Waals surface area contributed by atoms with Crippen molar-refractivity contribution in [1.29, 1.82) is 0 Å². The predicted molar refractivity (Wildman–Crippen MR) is 138 cm³/mol. The number of thioether (sulfide) groups is 1. The molecule has 0 heterocycles. The van der Waals surface area contributed by atoms with Crippen molar-refractivity contribution < 1.29 is 9.53 Å². The molecule has 33 heavy (non-hydrogen) atoms. The molecule has 166 valence electrons. The van der Waals surface area contributed by atoms with Gasteiger partial charge in [0.2, 0.25) is 5.91 Å². The predicted octanol–water partition coefficient (Wildman–Crippen LogP) is 6.46. The highest BCUT2D eigenvalue weighted by Crippen LogP contribution is 2.21. The molecule has 0 unspecified atom stereocenters. The third kappa shape index (κ3) is 6.85. The third-order valence-electron chi connectivity index (χ3n) is 4.97. The fourth-order valence-corrected chi connectivity index (χ4v) is 4.19. The van der Waals surface area contributed by atoms with Crippen LogP contribution < -0.4 is 10.2 Å². The van der Waals surface area contributed by atoms with Crippen molar-refractivity contribution in [3.05, 3.63) is 113 Å². The van der Waals surface area contributed by atoms with E-state index in [0.29, 0.717) is 17.4 Å². The van der Waals surface area contributed by atoms with E-state index in [4.69, 9.17) is 16.3 Å². The van der Waals surface area contributed by atoms with Crippen molar-refractivity contribution in [3.8, 4) is 5.75 Å². The van der Waals surface area contributed by atoms with Crippen molar-refractivity contribution in [1.82, 2.24) is 5.43 Å². The highest BCUT2D eigenvalue weighted by molar-refractivity contribution is 7.99. The Hall–Kier alpha value is -3.28.